The van der Waals surface area contributed by atoms with E-state index in [4.69, 9.17) is 0 Å². The number of aryl methyl sites for hydroxylation is 1. The predicted molar refractivity (Wildman–Crippen MR) is 88.7 cm³/mol. The van der Waals surface area contributed by atoms with Crippen molar-refractivity contribution in [2.75, 3.05) is 18.0 Å². The number of benzene rings is 1. The van der Waals surface area contributed by atoms with E-state index in [0.29, 0.717) is 6.04 Å². The van der Waals surface area contributed by atoms with Crippen LogP contribution in [0.1, 0.15) is 37.3 Å². The van der Waals surface area contributed by atoms with Crippen molar-refractivity contribution in [1.29, 1.82) is 0 Å². The van der Waals surface area contributed by atoms with Gasteiger partial charge in [-0.1, -0.05) is 0 Å². The first-order valence-electron chi connectivity index (χ1n) is 8.22. The molecule has 0 radical (unpaired) electrons. The molecule has 1 N–H and O–H groups in total. The molecular weight excluding hydrogens is 276 g/mol. The van der Waals surface area contributed by atoms with Gasteiger partial charge in [-0.3, -0.25) is 4.79 Å². The molecule has 2 aliphatic rings. The molecule has 0 spiro atoms. The zero-order chi connectivity index (χ0) is 15.3. The van der Waals surface area contributed by atoms with Crippen molar-refractivity contribution in [3.8, 4) is 0 Å². The first-order valence-corrected chi connectivity index (χ1v) is 8.22. The quantitative estimate of drug-likeness (QED) is 0.927. The van der Waals surface area contributed by atoms with Crippen molar-refractivity contribution >= 4 is 16.5 Å². The maximum Gasteiger partial charge on any atom is 0.258 e. The Balaban J connectivity index is 1.76. The minimum Gasteiger partial charge on any atom is -0.393 e. The van der Waals surface area contributed by atoms with E-state index in [1.165, 1.54) is 5.56 Å². The van der Waals surface area contributed by atoms with E-state index in [0.717, 1.165) is 55.2 Å². The summed E-state index contributed by atoms with van der Waals surface area (Å²) < 4.78 is 1.91. The SMILES string of the molecule is Cc1cn(C2CC2)c(=O)c2ccc(N3CCC(O)CC3)cc12. The maximum atomic E-state index is 12.6. The first kappa shape index (κ1) is 13.8. The molecule has 1 aliphatic heterocycles. The van der Waals surface area contributed by atoms with Crippen molar-refractivity contribution in [3.63, 3.8) is 0 Å². The molecule has 2 heterocycles. The number of aromatic nitrogens is 1. The molecule has 4 heteroatoms. The summed E-state index contributed by atoms with van der Waals surface area (Å²) in [6.45, 7) is 3.85. The Morgan fingerprint density at radius 3 is 2.50 bits per heavy atom. The van der Waals surface area contributed by atoms with Crippen molar-refractivity contribution in [2.24, 2.45) is 0 Å². The van der Waals surface area contributed by atoms with Gasteiger partial charge in [-0.05, 0) is 61.8 Å². The van der Waals surface area contributed by atoms with Crippen LogP contribution >= 0.6 is 0 Å². The molecule has 0 atom stereocenters. The Morgan fingerprint density at radius 2 is 1.82 bits per heavy atom. The van der Waals surface area contributed by atoms with Crippen LogP contribution in [0.3, 0.4) is 0 Å². The van der Waals surface area contributed by atoms with E-state index < -0.39 is 0 Å². The summed E-state index contributed by atoms with van der Waals surface area (Å²) in [6.07, 6.45) is 5.74. The van der Waals surface area contributed by atoms with Gasteiger partial charge >= 0.3 is 0 Å². The van der Waals surface area contributed by atoms with Crippen molar-refractivity contribution in [1.82, 2.24) is 4.57 Å². The van der Waals surface area contributed by atoms with E-state index in [-0.39, 0.29) is 11.7 Å². The van der Waals surface area contributed by atoms with E-state index in [9.17, 15) is 9.90 Å². The molecule has 4 nitrogen and oxygen atoms in total. The number of hydrogen-bond acceptors (Lipinski definition) is 3. The van der Waals surface area contributed by atoms with Gasteiger partial charge in [0.05, 0.1) is 6.10 Å². The molecule has 1 aromatic carbocycles. The van der Waals surface area contributed by atoms with Gasteiger partial charge in [0.1, 0.15) is 0 Å². The molecule has 116 valence electrons. The molecular formula is C18H22N2O2. The fourth-order valence-corrected chi connectivity index (χ4v) is 3.47. The number of fused-ring (bicyclic) bond motifs is 1. The van der Waals surface area contributed by atoms with E-state index in [1.807, 2.05) is 16.8 Å². The Labute approximate surface area is 130 Å². The molecule has 2 aromatic rings. The van der Waals surface area contributed by atoms with Crippen LogP contribution in [0.15, 0.2) is 29.2 Å². The highest BCUT2D eigenvalue weighted by atomic mass is 16.3. The maximum absolute atomic E-state index is 12.6. The zero-order valence-electron chi connectivity index (χ0n) is 13.0. The highest BCUT2D eigenvalue weighted by Crippen LogP contribution is 2.34. The Kier molecular flexibility index (Phi) is 3.22. The summed E-state index contributed by atoms with van der Waals surface area (Å²) in [7, 11) is 0. The summed E-state index contributed by atoms with van der Waals surface area (Å²) >= 11 is 0. The van der Waals surface area contributed by atoms with Gasteiger partial charge in [-0.15, -0.1) is 0 Å². The summed E-state index contributed by atoms with van der Waals surface area (Å²) in [6, 6.07) is 6.59. The third-order valence-corrected chi connectivity index (χ3v) is 5.00. The van der Waals surface area contributed by atoms with Gasteiger partial charge in [-0.25, -0.2) is 0 Å². The second-order valence-electron chi connectivity index (χ2n) is 6.70. The molecule has 1 aromatic heterocycles. The highest BCUT2D eigenvalue weighted by Gasteiger charge is 2.25. The van der Waals surface area contributed by atoms with Crippen LogP contribution in [-0.2, 0) is 0 Å². The molecule has 1 saturated heterocycles. The number of aliphatic hydroxyl groups excluding tert-OH is 1. The minimum atomic E-state index is -0.163. The lowest BCUT2D eigenvalue weighted by Crippen LogP contribution is -2.35. The fourth-order valence-electron chi connectivity index (χ4n) is 3.47. The molecule has 4 rings (SSSR count). The normalized spacial score (nSPS) is 19.8. The van der Waals surface area contributed by atoms with E-state index in [2.05, 4.69) is 24.0 Å². The summed E-state index contributed by atoms with van der Waals surface area (Å²) in [5.41, 5.74) is 2.47. The number of anilines is 1. The van der Waals surface area contributed by atoms with Gasteiger partial charge < -0.3 is 14.6 Å². The molecule has 22 heavy (non-hydrogen) atoms. The molecule has 0 bridgehead atoms. The number of pyridine rings is 1. The van der Waals surface area contributed by atoms with Gasteiger partial charge in [0, 0.05) is 36.4 Å². The summed E-state index contributed by atoms with van der Waals surface area (Å²) in [5.74, 6) is 0. The van der Waals surface area contributed by atoms with Crippen LogP contribution in [0.2, 0.25) is 0 Å². The number of rotatable bonds is 2. The minimum absolute atomic E-state index is 0.142. The number of nitrogens with zero attached hydrogens (tertiary/aromatic N) is 2. The van der Waals surface area contributed by atoms with Gasteiger partial charge in [0.25, 0.3) is 5.56 Å². The van der Waals surface area contributed by atoms with Gasteiger partial charge in [-0.2, -0.15) is 0 Å². The molecule has 1 saturated carbocycles. The van der Waals surface area contributed by atoms with Crippen molar-refractivity contribution in [3.05, 3.63) is 40.3 Å². The van der Waals surface area contributed by atoms with Gasteiger partial charge in [0.2, 0.25) is 0 Å². The fraction of sp³-hybridized carbons (Fsp3) is 0.500. The van der Waals surface area contributed by atoms with Crippen LogP contribution in [0, 0.1) is 6.92 Å². The van der Waals surface area contributed by atoms with E-state index >= 15 is 0 Å². The summed E-state index contributed by atoms with van der Waals surface area (Å²) in [4.78, 5) is 14.9. The number of aliphatic hydroxyl groups is 1. The molecule has 0 amide bonds. The van der Waals surface area contributed by atoms with Crippen molar-refractivity contribution < 1.29 is 5.11 Å². The largest absolute Gasteiger partial charge is 0.393 e. The Morgan fingerprint density at radius 1 is 1.09 bits per heavy atom. The standard InChI is InChI=1S/C18H22N2O2/c1-12-11-20(13-2-3-13)18(22)16-5-4-14(10-17(12)16)19-8-6-15(21)7-9-19/h4-5,10-11,13,15,21H,2-3,6-9H2,1H3. The highest BCUT2D eigenvalue weighted by molar-refractivity contribution is 5.87. The summed E-state index contributed by atoms with van der Waals surface area (Å²) in [5, 5.41) is 11.5. The monoisotopic (exact) mass is 298 g/mol. The van der Waals surface area contributed by atoms with E-state index in [1.54, 1.807) is 0 Å². The van der Waals surface area contributed by atoms with Crippen LogP contribution in [0.4, 0.5) is 5.69 Å². The lowest BCUT2D eigenvalue weighted by molar-refractivity contribution is 0.145. The first-order chi connectivity index (χ1) is 10.6. The van der Waals surface area contributed by atoms with Gasteiger partial charge in [0.15, 0.2) is 0 Å². The number of piperidine rings is 1. The second kappa shape index (κ2) is 5.13. The van der Waals surface area contributed by atoms with Crippen LogP contribution in [0.25, 0.3) is 10.8 Å². The van der Waals surface area contributed by atoms with Crippen LogP contribution < -0.4 is 10.5 Å². The molecule has 2 fully saturated rings. The lowest BCUT2D eigenvalue weighted by atomic mass is 10.0. The second-order valence-corrected chi connectivity index (χ2v) is 6.70. The Bertz CT molecular complexity index is 768. The molecule has 1 aliphatic carbocycles. The van der Waals surface area contributed by atoms with Crippen LogP contribution in [0.5, 0.6) is 0 Å². The van der Waals surface area contributed by atoms with Crippen molar-refractivity contribution in [2.45, 2.75) is 44.8 Å². The Hall–Kier alpha value is -1.81. The number of hydrogen-bond donors (Lipinski definition) is 1. The topological polar surface area (TPSA) is 45.5 Å². The average Bonchev–Trinajstić information content (AvgIpc) is 3.36. The zero-order valence-corrected chi connectivity index (χ0v) is 13.0. The van der Waals surface area contributed by atoms with Crippen LogP contribution in [-0.4, -0.2) is 28.9 Å². The third kappa shape index (κ3) is 2.31. The smallest absolute Gasteiger partial charge is 0.258 e. The predicted octanol–water partition coefficient (Wildman–Crippen LogP) is 2.61. The average molecular weight is 298 g/mol. The molecule has 0 unspecified atom stereocenters. The third-order valence-electron chi connectivity index (χ3n) is 5.00. The lowest BCUT2D eigenvalue weighted by Gasteiger charge is -2.31.